The first-order chi connectivity index (χ1) is 4.84. The number of benzene rings is 1. The third-order valence-corrected chi connectivity index (χ3v) is 2.52. The van der Waals surface area contributed by atoms with Gasteiger partial charge in [0.15, 0.2) is 0 Å². The van der Waals surface area contributed by atoms with Gasteiger partial charge in [-0.25, -0.2) is 0 Å². The Labute approximate surface area is 72.4 Å². The zero-order valence-electron chi connectivity index (χ0n) is 5.62. The van der Waals surface area contributed by atoms with Crippen molar-refractivity contribution in [1.82, 2.24) is 0 Å². The van der Waals surface area contributed by atoms with Crippen LogP contribution in [0.25, 0.3) is 0 Å². The van der Waals surface area contributed by atoms with Gasteiger partial charge in [0.1, 0.15) is 0 Å². The van der Waals surface area contributed by atoms with Crippen LogP contribution in [-0.2, 0) is 15.7 Å². The van der Waals surface area contributed by atoms with Crippen LogP contribution in [0, 0.1) is 6.92 Å². The summed E-state index contributed by atoms with van der Waals surface area (Å²) in [5.41, 5.74) is 2.58. The quantitative estimate of drug-likeness (QED) is 0.662. The van der Waals surface area contributed by atoms with Gasteiger partial charge in [-0.05, 0) is 0 Å². The maximum atomic E-state index is 5.64. The molecule has 0 unspecified atom stereocenters. The molecule has 0 nitrogen and oxygen atoms in total. The molecule has 0 aliphatic heterocycles. The number of halogens is 1. The third kappa shape index (κ3) is 2.00. The second-order valence-electron chi connectivity index (χ2n) is 2.04. The van der Waals surface area contributed by atoms with Crippen molar-refractivity contribution < 1.29 is 15.7 Å². The molecule has 0 atom stereocenters. The van der Waals surface area contributed by atoms with Crippen molar-refractivity contribution >= 4 is 14.3 Å². The van der Waals surface area contributed by atoms with E-state index in [9.17, 15) is 0 Å². The van der Waals surface area contributed by atoms with Crippen molar-refractivity contribution in [1.29, 1.82) is 0 Å². The van der Waals surface area contributed by atoms with Crippen LogP contribution in [0.4, 0.5) is 0 Å². The van der Waals surface area contributed by atoms with Crippen LogP contribution >= 0.6 is 9.69 Å². The molecule has 10 heavy (non-hydrogen) atoms. The van der Waals surface area contributed by atoms with Crippen LogP contribution in [0.2, 0.25) is 0 Å². The maximum absolute atomic E-state index is 5.64. The molecule has 0 heterocycles. The van der Waals surface area contributed by atoms with Gasteiger partial charge >= 0.3 is 72.3 Å². The van der Waals surface area contributed by atoms with Gasteiger partial charge in [0, 0.05) is 0 Å². The SMILES string of the molecule is Cc1ccccc1[CH]=[Ru][Cl]. The summed E-state index contributed by atoms with van der Waals surface area (Å²) in [6.45, 7) is 2.10. The predicted molar refractivity (Wildman–Crippen MR) is 42.2 cm³/mol. The van der Waals surface area contributed by atoms with Crippen molar-refractivity contribution in [2.45, 2.75) is 6.92 Å². The molecule has 0 aromatic heterocycles. The molecule has 0 aliphatic carbocycles. The van der Waals surface area contributed by atoms with Gasteiger partial charge in [-0.15, -0.1) is 0 Å². The molecule has 1 aromatic carbocycles. The Morgan fingerprint density at radius 3 is 2.70 bits per heavy atom. The fraction of sp³-hybridized carbons (Fsp3) is 0.125. The summed E-state index contributed by atoms with van der Waals surface area (Å²) in [7, 11) is 5.64. The fourth-order valence-electron chi connectivity index (χ4n) is 0.743. The molecule has 0 aliphatic rings. The molecule has 1 rings (SSSR count). The molecule has 55 valence electrons. The van der Waals surface area contributed by atoms with Gasteiger partial charge < -0.3 is 0 Å². The number of rotatable bonds is 1. The third-order valence-electron chi connectivity index (χ3n) is 1.34. The molecule has 0 bridgehead atoms. The average molecular weight is 241 g/mol. The van der Waals surface area contributed by atoms with Gasteiger partial charge in [-0.2, -0.15) is 0 Å². The molecule has 0 saturated heterocycles. The Morgan fingerprint density at radius 2 is 2.10 bits per heavy atom. The van der Waals surface area contributed by atoms with E-state index < -0.39 is 0 Å². The van der Waals surface area contributed by atoms with Crippen LogP contribution in [0.5, 0.6) is 0 Å². The molecule has 2 heteroatoms. The predicted octanol–water partition coefficient (Wildman–Crippen LogP) is 2.38. The van der Waals surface area contributed by atoms with Crippen LogP contribution in [0.15, 0.2) is 24.3 Å². The van der Waals surface area contributed by atoms with Gasteiger partial charge in [-0.3, -0.25) is 0 Å². The van der Waals surface area contributed by atoms with E-state index in [4.69, 9.17) is 9.69 Å². The van der Waals surface area contributed by atoms with Crippen molar-refractivity contribution in [2.24, 2.45) is 0 Å². The van der Waals surface area contributed by atoms with Crippen LogP contribution in [0.3, 0.4) is 0 Å². The first-order valence-corrected chi connectivity index (χ1v) is 6.20. The molecule has 0 amide bonds. The molecular formula is C8H8ClRu. The van der Waals surface area contributed by atoms with Gasteiger partial charge in [-0.1, -0.05) is 0 Å². The molecule has 0 saturated carbocycles. The molecule has 0 N–H and O–H groups in total. The summed E-state index contributed by atoms with van der Waals surface area (Å²) >= 11 is -0.0901. The average Bonchev–Trinajstić information content (AvgIpc) is 1.94. The summed E-state index contributed by atoms with van der Waals surface area (Å²) in [5.74, 6) is 0. The van der Waals surface area contributed by atoms with Crippen molar-refractivity contribution in [3.05, 3.63) is 35.4 Å². The molecule has 0 radical (unpaired) electrons. The van der Waals surface area contributed by atoms with Crippen molar-refractivity contribution in [3.8, 4) is 0 Å². The molecule has 0 fully saturated rings. The van der Waals surface area contributed by atoms with E-state index >= 15 is 0 Å². The zero-order chi connectivity index (χ0) is 7.40. The Morgan fingerprint density at radius 1 is 1.40 bits per heavy atom. The Balaban J connectivity index is 3.03. The first-order valence-electron chi connectivity index (χ1n) is 2.95. The number of hydrogen-bond acceptors (Lipinski definition) is 0. The van der Waals surface area contributed by atoms with E-state index in [2.05, 4.69) is 23.7 Å². The Hall–Kier alpha value is 0.00338. The van der Waals surface area contributed by atoms with Gasteiger partial charge in [0.25, 0.3) is 0 Å². The number of aryl methyl sites for hydroxylation is 1. The summed E-state index contributed by atoms with van der Waals surface area (Å²) in [6.07, 6.45) is 0. The van der Waals surface area contributed by atoms with Crippen molar-refractivity contribution in [2.75, 3.05) is 0 Å². The molecule has 1 aromatic rings. The standard InChI is InChI=1S/C8H8.ClH.Ru/c1-7-5-3-4-6-8(7)2;;/h1,3-6H,2H3;1H;/q;;+1/p-1. The van der Waals surface area contributed by atoms with E-state index in [1.807, 2.05) is 12.1 Å². The summed E-state index contributed by atoms with van der Waals surface area (Å²) in [5, 5.41) is 0. The monoisotopic (exact) mass is 241 g/mol. The Bertz CT molecular complexity index is 243. The minimum atomic E-state index is -0.0901. The summed E-state index contributed by atoms with van der Waals surface area (Å²) in [4.78, 5) is 0. The topological polar surface area (TPSA) is 0 Å². The normalized spacial score (nSPS) is 11.4. The minimum absolute atomic E-state index is 0.0901. The van der Waals surface area contributed by atoms with Crippen LogP contribution in [-0.4, -0.2) is 4.61 Å². The zero-order valence-corrected chi connectivity index (χ0v) is 8.11. The van der Waals surface area contributed by atoms with E-state index in [0.717, 1.165) is 0 Å². The Kier molecular flexibility index (Phi) is 3.24. The van der Waals surface area contributed by atoms with Gasteiger partial charge in [0.05, 0.1) is 0 Å². The van der Waals surface area contributed by atoms with Gasteiger partial charge in [0.2, 0.25) is 0 Å². The van der Waals surface area contributed by atoms with Crippen molar-refractivity contribution in [3.63, 3.8) is 0 Å². The van der Waals surface area contributed by atoms with Crippen LogP contribution < -0.4 is 0 Å². The van der Waals surface area contributed by atoms with E-state index in [-0.39, 0.29) is 15.7 Å². The van der Waals surface area contributed by atoms with E-state index in [0.29, 0.717) is 0 Å². The molecule has 0 spiro atoms. The molecular weight excluding hydrogens is 233 g/mol. The summed E-state index contributed by atoms with van der Waals surface area (Å²) < 4.78 is 2.10. The first kappa shape index (κ1) is 8.10. The van der Waals surface area contributed by atoms with E-state index in [1.165, 1.54) is 11.1 Å². The van der Waals surface area contributed by atoms with E-state index in [1.54, 1.807) is 0 Å². The second-order valence-corrected chi connectivity index (χ2v) is 3.83. The summed E-state index contributed by atoms with van der Waals surface area (Å²) in [6, 6.07) is 8.26. The fourth-order valence-corrected chi connectivity index (χ4v) is 2.00. The van der Waals surface area contributed by atoms with Crippen LogP contribution in [0.1, 0.15) is 11.1 Å². The number of hydrogen-bond donors (Lipinski definition) is 0. The second kappa shape index (κ2) is 4.00.